The number of sulfonamides is 1. The molecule has 1 aliphatic rings. The minimum atomic E-state index is -3.35. The lowest BCUT2D eigenvalue weighted by atomic mass is 10.1. The van der Waals surface area contributed by atoms with Gasteiger partial charge >= 0.3 is 0 Å². The maximum atomic E-state index is 12.2. The van der Waals surface area contributed by atoms with Crippen molar-refractivity contribution in [1.29, 1.82) is 0 Å². The molecule has 19 heavy (non-hydrogen) atoms. The molecule has 1 aliphatic heterocycles. The van der Waals surface area contributed by atoms with Crippen molar-refractivity contribution in [2.75, 3.05) is 26.2 Å². The van der Waals surface area contributed by atoms with Crippen LogP contribution in [0.2, 0.25) is 0 Å². The van der Waals surface area contributed by atoms with E-state index in [1.54, 1.807) is 6.07 Å². The first-order valence-corrected chi connectivity index (χ1v) is 9.49. The van der Waals surface area contributed by atoms with Crippen LogP contribution in [0.3, 0.4) is 0 Å². The summed E-state index contributed by atoms with van der Waals surface area (Å²) in [6.07, 6.45) is 1.07. The topological polar surface area (TPSA) is 49.4 Å². The minimum absolute atomic E-state index is 0.391. The molecule has 0 amide bonds. The predicted octanol–water partition coefficient (Wildman–Crippen LogP) is 2.44. The normalized spacial score (nSPS) is 21.1. The Morgan fingerprint density at radius 2 is 2.32 bits per heavy atom. The summed E-state index contributed by atoms with van der Waals surface area (Å²) in [5.74, 6) is 0.430. The first-order valence-electron chi connectivity index (χ1n) is 6.40. The molecule has 1 unspecified atom stereocenters. The van der Waals surface area contributed by atoms with E-state index in [4.69, 9.17) is 0 Å². The Bertz CT molecular complexity index is 522. The highest BCUT2D eigenvalue weighted by Gasteiger charge is 2.24. The molecule has 1 aromatic heterocycles. The molecule has 108 valence electrons. The van der Waals surface area contributed by atoms with Gasteiger partial charge in [0.1, 0.15) is 4.21 Å². The number of nitrogens with zero attached hydrogens (tertiary/aromatic N) is 1. The third kappa shape index (κ3) is 3.78. The molecule has 0 spiro atoms. The van der Waals surface area contributed by atoms with Crippen molar-refractivity contribution in [3.63, 3.8) is 0 Å². The average molecular weight is 367 g/mol. The number of likely N-dealkylation sites (tertiary alicyclic amines) is 1. The zero-order chi connectivity index (χ0) is 14.0. The Morgan fingerprint density at radius 1 is 1.58 bits per heavy atom. The lowest BCUT2D eigenvalue weighted by Gasteiger charge is -2.13. The molecule has 0 bridgehead atoms. The van der Waals surface area contributed by atoms with Gasteiger partial charge < -0.3 is 4.90 Å². The number of hydrogen-bond acceptors (Lipinski definition) is 4. The van der Waals surface area contributed by atoms with E-state index in [2.05, 4.69) is 32.5 Å². The van der Waals surface area contributed by atoms with Gasteiger partial charge in [-0.15, -0.1) is 11.3 Å². The largest absolute Gasteiger partial charge is 0.303 e. The summed E-state index contributed by atoms with van der Waals surface area (Å²) < 4.78 is 28.3. The van der Waals surface area contributed by atoms with Crippen molar-refractivity contribution in [3.05, 3.63) is 15.4 Å². The van der Waals surface area contributed by atoms with E-state index in [1.807, 2.05) is 6.92 Å². The van der Waals surface area contributed by atoms with Crippen molar-refractivity contribution < 1.29 is 8.42 Å². The molecule has 2 heterocycles. The average Bonchev–Trinajstić information content (AvgIpc) is 2.95. The van der Waals surface area contributed by atoms with Crippen LogP contribution in [0.1, 0.15) is 18.9 Å². The fourth-order valence-corrected chi connectivity index (χ4v) is 5.62. The van der Waals surface area contributed by atoms with Gasteiger partial charge in [0, 0.05) is 13.1 Å². The molecule has 1 atom stereocenters. The van der Waals surface area contributed by atoms with Gasteiger partial charge in [-0.2, -0.15) is 0 Å². The van der Waals surface area contributed by atoms with Crippen LogP contribution in [0.25, 0.3) is 0 Å². The third-order valence-electron chi connectivity index (χ3n) is 3.48. The van der Waals surface area contributed by atoms with Crippen LogP contribution in [-0.4, -0.2) is 39.5 Å². The Balaban J connectivity index is 1.95. The number of thiophene rings is 1. The Labute approximate surface area is 127 Å². The van der Waals surface area contributed by atoms with Gasteiger partial charge in [0.15, 0.2) is 0 Å². The molecule has 4 nitrogen and oxygen atoms in total. The Kier molecular flexibility index (Phi) is 5.05. The number of aryl methyl sites for hydroxylation is 1. The van der Waals surface area contributed by atoms with Gasteiger partial charge in [0.2, 0.25) is 10.0 Å². The molecule has 1 fully saturated rings. The molecule has 7 heteroatoms. The Morgan fingerprint density at radius 3 is 2.84 bits per heavy atom. The summed E-state index contributed by atoms with van der Waals surface area (Å²) in [6.45, 7) is 7.68. The molecule has 0 aliphatic carbocycles. The summed E-state index contributed by atoms with van der Waals surface area (Å²) >= 11 is 4.63. The second kappa shape index (κ2) is 6.22. The first kappa shape index (κ1) is 15.4. The van der Waals surface area contributed by atoms with Gasteiger partial charge in [-0.1, -0.05) is 6.92 Å². The van der Waals surface area contributed by atoms with Crippen LogP contribution >= 0.6 is 27.3 Å². The van der Waals surface area contributed by atoms with Crippen LogP contribution in [0.15, 0.2) is 14.1 Å². The molecular weight excluding hydrogens is 348 g/mol. The highest BCUT2D eigenvalue weighted by Crippen LogP contribution is 2.30. The molecule has 1 N–H and O–H groups in total. The van der Waals surface area contributed by atoms with Crippen molar-refractivity contribution >= 4 is 37.3 Å². The monoisotopic (exact) mass is 366 g/mol. The summed E-state index contributed by atoms with van der Waals surface area (Å²) in [6, 6.07) is 1.71. The molecule has 0 saturated carbocycles. The quantitative estimate of drug-likeness (QED) is 0.870. The number of rotatable bonds is 5. The minimum Gasteiger partial charge on any atom is -0.303 e. The number of halogens is 1. The lowest BCUT2D eigenvalue weighted by Crippen LogP contribution is -2.30. The highest BCUT2D eigenvalue weighted by atomic mass is 79.9. The SMILES string of the molecule is CCN1CCC(CNS(=O)(=O)c2cc(C)c(Br)s2)C1. The molecule has 0 aromatic carbocycles. The van der Waals surface area contributed by atoms with E-state index in [-0.39, 0.29) is 0 Å². The Hall–Kier alpha value is 0.0500. The van der Waals surface area contributed by atoms with Gasteiger partial charge in [-0.25, -0.2) is 13.1 Å². The zero-order valence-corrected chi connectivity index (χ0v) is 14.4. The van der Waals surface area contributed by atoms with E-state index in [1.165, 1.54) is 11.3 Å². The predicted molar refractivity (Wildman–Crippen MR) is 82.2 cm³/mol. The fraction of sp³-hybridized carbons (Fsp3) is 0.667. The van der Waals surface area contributed by atoms with Gasteiger partial charge in [-0.3, -0.25) is 0 Å². The van der Waals surface area contributed by atoms with Crippen molar-refractivity contribution in [1.82, 2.24) is 9.62 Å². The molecule has 2 rings (SSSR count). The van der Waals surface area contributed by atoms with Crippen LogP contribution < -0.4 is 4.72 Å². The van der Waals surface area contributed by atoms with E-state index in [0.29, 0.717) is 16.7 Å². The number of nitrogens with one attached hydrogen (secondary N) is 1. The van der Waals surface area contributed by atoms with Gasteiger partial charge in [0.05, 0.1) is 3.79 Å². The molecule has 0 radical (unpaired) electrons. The standard InChI is InChI=1S/C12H19BrN2O2S2/c1-3-15-5-4-10(8-15)7-14-19(16,17)11-6-9(2)12(13)18-11/h6,10,14H,3-5,7-8H2,1-2H3. The first-order chi connectivity index (χ1) is 8.92. The van der Waals surface area contributed by atoms with E-state index >= 15 is 0 Å². The van der Waals surface area contributed by atoms with E-state index in [0.717, 1.165) is 35.4 Å². The lowest BCUT2D eigenvalue weighted by molar-refractivity contribution is 0.342. The molecule has 1 aromatic rings. The van der Waals surface area contributed by atoms with Crippen LogP contribution in [0.5, 0.6) is 0 Å². The summed E-state index contributed by atoms with van der Waals surface area (Å²) in [4.78, 5) is 2.35. The maximum absolute atomic E-state index is 12.2. The van der Waals surface area contributed by atoms with Crippen molar-refractivity contribution in [3.8, 4) is 0 Å². The second-order valence-electron chi connectivity index (χ2n) is 4.92. The maximum Gasteiger partial charge on any atom is 0.250 e. The van der Waals surface area contributed by atoms with Gasteiger partial charge in [0.25, 0.3) is 0 Å². The third-order valence-corrected chi connectivity index (χ3v) is 7.51. The zero-order valence-electron chi connectivity index (χ0n) is 11.1. The smallest absolute Gasteiger partial charge is 0.250 e. The van der Waals surface area contributed by atoms with Crippen molar-refractivity contribution in [2.24, 2.45) is 5.92 Å². The summed E-state index contributed by atoms with van der Waals surface area (Å²) in [5.41, 5.74) is 0.961. The summed E-state index contributed by atoms with van der Waals surface area (Å²) in [7, 11) is -3.35. The molecule has 1 saturated heterocycles. The van der Waals surface area contributed by atoms with E-state index in [9.17, 15) is 8.42 Å². The van der Waals surface area contributed by atoms with Crippen LogP contribution in [-0.2, 0) is 10.0 Å². The van der Waals surface area contributed by atoms with Crippen LogP contribution in [0.4, 0.5) is 0 Å². The van der Waals surface area contributed by atoms with E-state index < -0.39 is 10.0 Å². The van der Waals surface area contributed by atoms with Crippen LogP contribution in [0, 0.1) is 12.8 Å². The highest BCUT2D eigenvalue weighted by molar-refractivity contribution is 9.11. The fourth-order valence-electron chi connectivity index (χ4n) is 2.23. The van der Waals surface area contributed by atoms with Crippen molar-refractivity contribution in [2.45, 2.75) is 24.5 Å². The summed E-state index contributed by atoms with van der Waals surface area (Å²) in [5, 5.41) is 0. The molecular formula is C12H19BrN2O2S2. The second-order valence-corrected chi connectivity index (χ2v) is 9.29. The number of hydrogen-bond donors (Lipinski definition) is 1. The van der Waals surface area contributed by atoms with Gasteiger partial charge in [-0.05, 0) is 59.9 Å².